The highest BCUT2D eigenvalue weighted by Crippen LogP contribution is 2.47. The lowest BCUT2D eigenvalue weighted by Crippen LogP contribution is -2.54. The van der Waals surface area contributed by atoms with Crippen LogP contribution in [0.3, 0.4) is 0 Å². The van der Waals surface area contributed by atoms with Crippen molar-refractivity contribution < 1.29 is 19.4 Å². The van der Waals surface area contributed by atoms with E-state index in [2.05, 4.69) is 5.32 Å². The minimum atomic E-state index is -0.719. The number of rotatable bonds is 3. The maximum Gasteiger partial charge on any atom is 0.306 e. The first-order valence-electron chi connectivity index (χ1n) is 6.16. The second-order valence-corrected chi connectivity index (χ2v) is 5.20. The first-order chi connectivity index (χ1) is 8.01. The molecule has 2 rings (SSSR count). The van der Waals surface area contributed by atoms with Gasteiger partial charge in [-0.15, -0.1) is 0 Å². The molecule has 1 aliphatic carbocycles. The van der Waals surface area contributed by atoms with Crippen LogP contribution in [0.4, 0.5) is 0 Å². The minimum absolute atomic E-state index is 0.0439. The predicted molar refractivity (Wildman–Crippen MR) is 60.5 cm³/mol. The molecule has 17 heavy (non-hydrogen) atoms. The van der Waals surface area contributed by atoms with Crippen LogP contribution in [0.15, 0.2) is 0 Å². The Bertz CT molecular complexity index is 322. The van der Waals surface area contributed by atoms with Crippen molar-refractivity contribution in [2.75, 3.05) is 6.54 Å². The maximum absolute atomic E-state index is 10.8. The zero-order chi connectivity index (χ0) is 12.5. The smallest absolute Gasteiger partial charge is 0.306 e. The van der Waals surface area contributed by atoms with Gasteiger partial charge in [-0.1, -0.05) is 0 Å². The molecule has 5 heteroatoms. The summed E-state index contributed by atoms with van der Waals surface area (Å²) in [6, 6.07) is 0. The van der Waals surface area contributed by atoms with E-state index in [-0.39, 0.29) is 23.5 Å². The summed E-state index contributed by atoms with van der Waals surface area (Å²) in [5, 5.41) is 11.6. The number of nitrogens with one attached hydrogen (secondary N) is 1. The summed E-state index contributed by atoms with van der Waals surface area (Å²) in [6.07, 6.45) is 4.24. The molecule has 1 saturated heterocycles. The van der Waals surface area contributed by atoms with E-state index in [4.69, 9.17) is 9.84 Å². The second kappa shape index (κ2) is 4.64. The fourth-order valence-corrected chi connectivity index (χ4v) is 2.84. The van der Waals surface area contributed by atoms with Gasteiger partial charge in [0, 0.05) is 13.5 Å². The molecule has 1 heterocycles. The van der Waals surface area contributed by atoms with Gasteiger partial charge in [0.25, 0.3) is 0 Å². The monoisotopic (exact) mass is 241 g/mol. The molecule has 0 aromatic carbocycles. The molecule has 1 atom stereocenters. The van der Waals surface area contributed by atoms with Crippen LogP contribution in [-0.4, -0.2) is 35.2 Å². The van der Waals surface area contributed by atoms with E-state index in [0.29, 0.717) is 19.4 Å². The second-order valence-electron chi connectivity index (χ2n) is 5.20. The van der Waals surface area contributed by atoms with Crippen LogP contribution < -0.4 is 5.32 Å². The van der Waals surface area contributed by atoms with Crippen molar-refractivity contribution >= 4 is 11.9 Å². The molecule has 1 unspecified atom stereocenters. The molecule has 2 fully saturated rings. The van der Waals surface area contributed by atoms with E-state index < -0.39 is 5.97 Å². The number of hydrogen-bond acceptors (Lipinski definition) is 3. The molecule has 0 radical (unpaired) electrons. The number of aliphatic carboxylic acids is 1. The highest BCUT2D eigenvalue weighted by Gasteiger charge is 2.50. The zero-order valence-electron chi connectivity index (χ0n) is 10.1. The van der Waals surface area contributed by atoms with Crippen LogP contribution in [0.5, 0.6) is 0 Å². The maximum atomic E-state index is 10.8. The van der Waals surface area contributed by atoms with E-state index in [1.165, 1.54) is 6.92 Å². The summed E-state index contributed by atoms with van der Waals surface area (Å²) in [7, 11) is 0. The van der Waals surface area contributed by atoms with Gasteiger partial charge in [0.15, 0.2) is 0 Å². The van der Waals surface area contributed by atoms with Gasteiger partial charge in [-0.05, 0) is 32.1 Å². The molecule has 1 saturated carbocycles. The third-order valence-corrected chi connectivity index (χ3v) is 3.74. The molecule has 96 valence electrons. The van der Waals surface area contributed by atoms with Crippen LogP contribution in [0, 0.1) is 5.92 Å². The Morgan fingerprint density at radius 2 is 2.18 bits per heavy atom. The van der Waals surface area contributed by atoms with Gasteiger partial charge in [0.1, 0.15) is 0 Å². The average molecular weight is 241 g/mol. The Kier molecular flexibility index (Phi) is 3.38. The van der Waals surface area contributed by atoms with Gasteiger partial charge in [0.2, 0.25) is 5.91 Å². The van der Waals surface area contributed by atoms with Crippen molar-refractivity contribution in [2.45, 2.75) is 50.7 Å². The summed E-state index contributed by atoms with van der Waals surface area (Å²) in [4.78, 5) is 21.6. The Labute approximate surface area is 101 Å². The highest BCUT2D eigenvalue weighted by molar-refractivity contribution is 5.72. The average Bonchev–Trinajstić information content (AvgIpc) is 2.23. The lowest BCUT2D eigenvalue weighted by Gasteiger charge is -2.50. The number of hydrogen-bond donors (Lipinski definition) is 2. The largest absolute Gasteiger partial charge is 0.481 e. The van der Waals surface area contributed by atoms with Gasteiger partial charge >= 0.3 is 5.97 Å². The van der Waals surface area contributed by atoms with Crippen molar-refractivity contribution in [2.24, 2.45) is 5.92 Å². The number of carbonyl (C=O) groups excluding carboxylic acids is 1. The van der Waals surface area contributed by atoms with E-state index in [0.717, 1.165) is 19.3 Å². The van der Waals surface area contributed by atoms with E-state index in [1.807, 2.05) is 0 Å². The fourth-order valence-electron chi connectivity index (χ4n) is 2.84. The van der Waals surface area contributed by atoms with Crippen LogP contribution in [-0.2, 0) is 14.3 Å². The standard InChI is InChI=1S/C12H19NO4/c1-8(14)13-7-10-3-2-4-12(17-10)5-9(6-12)11(15)16/h9-10H,2-7H2,1H3,(H,13,14)(H,15,16). The molecule has 0 aromatic rings. The third kappa shape index (κ3) is 2.77. The van der Waals surface area contributed by atoms with Gasteiger partial charge in [0.05, 0.1) is 17.6 Å². The molecule has 2 N–H and O–H groups in total. The van der Waals surface area contributed by atoms with Crippen molar-refractivity contribution in [3.05, 3.63) is 0 Å². The molecular weight excluding hydrogens is 222 g/mol. The molecule has 1 aliphatic heterocycles. The Hall–Kier alpha value is -1.10. The van der Waals surface area contributed by atoms with E-state index >= 15 is 0 Å². The Morgan fingerprint density at radius 3 is 2.76 bits per heavy atom. The van der Waals surface area contributed by atoms with Crippen LogP contribution in [0.2, 0.25) is 0 Å². The molecule has 1 spiro atoms. The number of ether oxygens (including phenoxy) is 1. The summed E-state index contributed by atoms with van der Waals surface area (Å²) < 4.78 is 5.96. The van der Waals surface area contributed by atoms with E-state index in [9.17, 15) is 9.59 Å². The number of amides is 1. The first kappa shape index (κ1) is 12.4. The summed E-state index contributed by atoms with van der Waals surface area (Å²) in [6.45, 7) is 2.03. The van der Waals surface area contributed by atoms with Gasteiger partial charge in [-0.2, -0.15) is 0 Å². The number of carboxylic acids is 1. The Morgan fingerprint density at radius 1 is 1.47 bits per heavy atom. The lowest BCUT2D eigenvalue weighted by molar-refractivity contribution is -0.198. The van der Waals surface area contributed by atoms with Crippen molar-refractivity contribution in [1.82, 2.24) is 5.32 Å². The summed E-state index contributed by atoms with van der Waals surface area (Å²) in [5.74, 6) is -1.01. The molecule has 0 bridgehead atoms. The minimum Gasteiger partial charge on any atom is -0.481 e. The fraction of sp³-hybridized carbons (Fsp3) is 0.833. The lowest BCUT2D eigenvalue weighted by atomic mass is 9.67. The van der Waals surface area contributed by atoms with Gasteiger partial charge in [-0.3, -0.25) is 9.59 Å². The molecular formula is C12H19NO4. The SMILES string of the molecule is CC(=O)NCC1CCCC2(CC(C(=O)O)C2)O1. The first-order valence-corrected chi connectivity index (χ1v) is 6.16. The normalized spacial score (nSPS) is 36.3. The summed E-state index contributed by atoms with van der Waals surface area (Å²) >= 11 is 0. The predicted octanol–water partition coefficient (Wildman–Crippen LogP) is 0.925. The molecule has 1 amide bonds. The van der Waals surface area contributed by atoms with Crippen LogP contribution >= 0.6 is 0 Å². The number of carboxylic acid groups (broad SMARTS) is 1. The van der Waals surface area contributed by atoms with Crippen molar-refractivity contribution in [3.63, 3.8) is 0 Å². The molecule has 5 nitrogen and oxygen atoms in total. The Balaban J connectivity index is 1.82. The van der Waals surface area contributed by atoms with Gasteiger partial charge < -0.3 is 15.2 Å². The number of carbonyl (C=O) groups is 2. The quantitative estimate of drug-likeness (QED) is 0.770. The van der Waals surface area contributed by atoms with Crippen molar-refractivity contribution in [1.29, 1.82) is 0 Å². The third-order valence-electron chi connectivity index (χ3n) is 3.74. The zero-order valence-corrected chi connectivity index (χ0v) is 10.1. The summed E-state index contributed by atoms with van der Waals surface area (Å²) in [5.41, 5.74) is -0.218. The molecule has 2 aliphatic rings. The highest BCUT2D eigenvalue weighted by atomic mass is 16.5. The van der Waals surface area contributed by atoms with E-state index in [1.54, 1.807) is 0 Å². The molecule has 0 aromatic heterocycles. The van der Waals surface area contributed by atoms with Crippen LogP contribution in [0.25, 0.3) is 0 Å². The topological polar surface area (TPSA) is 75.6 Å². The van der Waals surface area contributed by atoms with Gasteiger partial charge in [-0.25, -0.2) is 0 Å². The van der Waals surface area contributed by atoms with Crippen LogP contribution in [0.1, 0.15) is 39.0 Å². The van der Waals surface area contributed by atoms with Crippen molar-refractivity contribution in [3.8, 4) is 0 Å².